The third-order valence-corrected chi connectivity index (χ3v) is 2.48. The summed E-state index contributed by atoms with van der Waals surface area (Å²) in [5, 5.41) is 18.8. The van der Waals surface area contributed by atoms with Gasteiger partial charge in [-0.05, 0) is 11.4 Å². The zero-order valence-electron chi connectivity index (χ0n) is 6.43. The van der Waals surface area contributed by atoms with Gasteiger partial charge in [0, 0.05) is 5.69 Å². The largest absolute Gasteiger partial charge is 0.480 e. The lowest BCUT2D eigenvalue weighted by Gasteiger charge is -2.05. The molecule has 0 atom stereocenters. The maximum Gasteiger partial charge on any atom is 0.323 e. The molecule has 0 unspecified atom stereocenters. The van der Waals surface area contributed by atoms with Crippen molar-refractivity contribution in [2.45, 2.75) is 5.92 Å². The predicted molar refractivity (Wildman–Crippen MR) is 46.7 cm³/mol. The van der Waals surface area contributed by atoms with E-state index in [2.05, 4.69) is 0 Å². The topological polar surface area (TPSA) is 101 Å². The van der Waals surface area contributed by atoms with E-state index in [0.29, 0.717) is 0 Å². The number of hydrogen-bond donors (Lipinski definition) is 3. The van der Waals surface area contributed by atoms with E-state index in [1.165, 1.54) is 6.07 Å². The van der Waals surface area contributed by atoms with Gasteiger partial charge in [0.05, 0.1) is 4.88 Å². The van der Waals surface area contributed by atoms with Crippen molar-refractivity contribution in [3.8, 4) is 0 Å². The van der Waals surface area contributed by atoms with Crippen molar-refractivity contribution >= 4 is 29.0 Å². The lowest BCUT2D eigenvalue weighted by atomic mass is 10.1. The van der Waals surface area contributed by atoms with Gasteiger partial charge in [0.2, 0.25) is 0 Å². The third kappa shape index (κ3) is 1.78. The van der Waals surface area contributed by atoms with E-state index in [1.54, 1.807) is 5.38 Å². The fraction of sp³-hybridized carbons (Fsp3) is 0.143. The van der Waals surface area contributed by atoms with Crippen LogP contribution >= 0.6 is 11.3 Å². The molecule has 0 fully saturated rings. The molecule has 1 heterocycles. The Morgan fingerprint density at radius 3 is 2.23 bits per heavy atom. The Labute approximate surface area is 77.4 Å². The van der Waals surface area contributed by atoms with E-state index in [9.17, 15) is 9.59 Å². The van der Waals surface area contributed by atoms with Gasteiger partial charge in [0.15, 0.2) is 5.92 Å². The number of nitrogens with two attached hydrogens (primary N) is 1. The predicted octanol–water partition coefficient (Wildman–Crippen LogP) is 0.583. The number of hydrogen-bond acceptors (Lipinski definition) is 4. The molecule has 0 aromatic carbocycles. The van der Waals surface area contributed by atoms with Crippen LogP contribution in [0.1, 0.15) is 10.8 Å². The first-order valence-electron chi connectivity index (χ1n) is 3.32. The second-order valence-electron chi connectivity index (χ2n) is 2.35. The first kappa shape index (κ1) is 9.53. The summed E-state index contributed by atoms with van der Waals surface area (Å²) < 4.78 is 0. The van der Waals surface area contributed by atoms with Crippen LogP contribution in [0.5, 0.6) is 0 Å². The van der Waals surface area contributed by atoms with Crippen LogP contribution in [0, 0.1) is 0 Å². The Morgan fingerprint density at radius 2 is 1.92 bits per heavy atom. The Bertz CT molecular complexity index is 332. The molecule has 0 aliphatic carbocycles. The number of rotatable bonds is 3. The average molecular weight is 201 g/mol. The van der Waals surface area contributed by atoms with Crippen LogP contribution in [0.25, 0.3) is 0 Å². The van der Waals surface area contributed by atoms with E-state index < -0.39 is 17.9 Å². The second-order valence-corrected chi connectivity index (χ2v) is 3.30. The average Bonchev–Trinajstić information content (AvgIpc) is 2.35. The third-order valence-electron chi connectivity index (χ3n) is 1.48. The van der Waals surface area contributed by atoms with Crippen LogP contribution in [0.3, 0.4) is 0 Å². The van der Waals surface area contributed by atoms with E-state index in [4.69, 9.17) is 15.9 Å². The summed E-state index contributed by atoms with van der Waals surface area (Å²) in [5.74, 6) is -4.36. The van der Waals surface area contributed by atoms with Crippen LogP contribution < -0.4 is 5.73 Å². The lowest BCUT2D eigenvalue weighted by molar-refractivity contribution is -0.149. The minimum atomic E-state index is -1.56. The number of carbonyl (C=O) groups is 2. The molecule has 4 N–H and O–H groups in total. The Morgan fingerprint density at radius 1 is 1.38 bits per heavy atom. The molecule has 0 saturated heterocycles. The van der Waals surface area contributed by atoms with E-state index in [-0.39, 0.29) is 10.6 Å². The first-order chi connectivity index (χ1) is 6.04. The van der Waals surface area contributed by atoms with Gasteiger partial charge in [-0.15, -0.1) is 11.3 Å². The van der Waals surface area contributed by atoms with Crippen LogP contribution in [0.15, 0.2) is 11.4 Å². The Kier molecular flexibility index (Phi) is 2.52. The van der Waals surface area contributed by atoms with Gasteiger partial charge in [0.25, 0.3) is 0 Å². The minimum Gasteiger partial charge on any atom is -0.480 e. The number of carboxylic acids is 2. The molecular formula is C7H7NO4S. The highest BCUT2D eigenvalue weighted by atomic mass is 32.1. The molecule has 0 saturated carbocycles. The van der Waals surface area contributed by atoms with Crippen LogP contribution in [-0.4, -0.2) is 22.2 Å². The molecule has 0 amide bonds. The lowest BCUT2D eigenvalue weighted by Crippen LogP contribution is -2.20. The van der Waals surface area contributed by atoms with Gasteiger partial charge in [-0.2, -0.15) is 0 Å². The van der Waals surface area contributed by atoms with Gasteiger partial charge in [0.1, 0.15) is 0 Å². The molecule has 0 bridgehead atoms. The molecule has 0 aliphatic heterocycles. The number of anilines is 1. The normalized spacial score (nSPS) is 10.2. The summed E-state index contributed by atoms with van der Waals surface area (Å²) >= 11 is 1.03. The molecule has 5 nitrogen and oxygen atoms in total. The summed E-state index contributed by atoms with van der Waals surface area (Å²) in [6.45, 7) is 0. The highest BCUT2D eigenvalue weighted by molar-refractivity contribution is 7.10. The molecule has 0 radical (unpaired) electrons. The van der Waals surface area contributed by atoms with Crippen molar-refractivity contribution in [2.75, 3.05) is 5.73 Å². The monoisotopic (exact) mass is 201 g/mol. The minimum absolute atomic E-state index is 0.167. The first-order valence-corrected chi connectivity index (χ1v) is 4.20. The fourth-order valence-electron chi connectivity index (χ4n) is 0.895. The van der Waals surface area contributed by atoms with Crippen molar-refractivity contribution < 1.29 is 19.8 Å². The zero-order valence-corrected chi connectivity index (χ0v) is 7.25. The highest BCUT2D eigenvalue weighted by Crippen LogP contribution is 2.28. The summed E-state index contributed by atoms with van der Waals surface area (Å²) in [6, 6.07) is 1.48. The van der Waals surface area contributed by atoms with Gasteiger partial charge in [-0.3, -0.25) is 9.59 Å². The highest BCUT2D eigenvalue weighted by Gasteiger charge is 2.30. The molecule has 1 rings (SSSR count). The Hall–Kier alpha value is -1.56. The van der Waals surface area contributed by atoms with Crippen LogP contribution in [0.4, 0.5) is 5.69 Å². The van der Waals surface area contributed by atoms with Crippen molar-refractivity contribution in [3.05, 3.63) is 16.3 Å². The maximum absolute atomic E-state index is 10.6. The summed E-state index contributed by atoms with van der Waals surface area (Å²) in [6.07, 6.45) is 0. The molecule has 13 heavy (non-hydrogen) atoms. The second kappa shape index (κ2) is 3.44. The molecule has 6 heteroatoms. The number of aliphatic carboxylic acids is 2. The quantitative estimate of drug-likeness (QED) is 0.621. The van der Waals surface area contributed by atoms with Crippen molar-refractivity contribution in [1.82, 2.24) is 0 Å². The fourth-order valence-corrected chi connectivity index (χ4v) is 1.80. The van der Waals surface area contributed by atoms with Crippen LogP contribution in [0.2, 0.25) is 0 Å². The maximum atomic E-state index is 10.6. The summed E-state index contributed by atoms with van der Waals surface area (Å²) in [7, 11) is 0. The van der Waals surface area contributed by atoms with Crippen molar-refractivity contribution in [1.29, 1.82) is 0 Å². The molecule has 70 valence electrons. The SMILES string of the molecule is Nc1ccsc1C(C(=O)O)C(=O)O. The Balaban J connectivity index is 3.09. The number of carboxylic acid groups (broad SMARTS) is 2. The van der Waals surface area contributed by atoms with Gasteiger partial charge < -0.3 is 15.9 Å². The molecule has 1 aromatic rings. The van der Waals surface area contributed by atoms with Crippen molar-refractivity contribution in [2.24, 2.45) is 0 Å². The van der Waals surface area contributed by atoms with Gasteiger partial charge >= 0.3 is 11.9 Å². The van der Waals surface area contributed by atoms with E-state index >= 15 is 0 Å². The van der Waals surface area contributed by atoms with Crippen molar-refractivity contribution in [3.63, 3.8) is 0 Å². The molecule has 0 spiro atoms. The number of thiophene rings is 1. The molecule has 0 aliphatic rings. The molecule has 1 aromatic heterocycles. The molecular weight excluding hydrogens is 194 g/mol. The van der Waals surface area contributed by atoms with E-state index in [1.807, 2.05) is 0 Å². The van der Waals surface area contributed by atoms with E-state index in [0.717, 1.165) is 11.3 Å². The standard InChI is InChI=1S/C7H7NO4S/c8-3-1-2-13-5(3)4(6(9)10)7(11)12/h1-2,4H,8H2,(H,9,10)(H,11,12). The summed E-state index contributed by atoms with van der Waals surface area (Å²) in [5.41, 5.74) is 5.61. The van der Waals surface area contributed by atoms with Gasteiger partial charge in [-0.1, -0.05) is 0 Å². The smallest absolute Gasteiger partial charge is 0.323 e. The zero-order chi connectivity index (χ0) is 10.0. The van der Waals surface area contributed by atoms with Crippen LogP contribution in [-0.2, 0) is 9.59 Å². The number of nitrogen functional groups attached to an aromatic ring is 1. The van der Waals surface area contributed by atoms with Gasteiger partial charge in [-0.25, -0.2) is 0 Å². The summed E-state index contributed by atoms with van der Waals surface area (Å²) in [4.78, 5) is 21.3.